The Bertz CT molecular complexity index is 707. The third-order valence-corrected chi connectivity index (χ3v) is 3.76. The summed E-state index contributed by atoms with van der Waals surface area (Å²) in [5.74, 6) is -0.212. The molecule has 0 fully saturated rings. The van der Waals surface area contributed by atoms with E-state index in [-0.39, 0.29) is 11.2 Å². The Morgan fingerprint density at radius 1 is 0.737 bits per heavy atom. The van der Waals surface area contributed by atoms with Crippen molar-refractivity contribution in [1.82, 2.24) is 0 Å². The van der Waals surface area contributed by atoms with E-state index in [1.54, 1.807) is 12.1 Å². The molecule has 0 amide bonds. The van der Waals surface area contributed by atoms with E-state index in [0.29, 0.717) is 5.39 Å². The topological polar surface area (TPSA) is 0 Å². The van der Waals surface area contributed by atoms with E-state index >= 15 is 0 Å². The monoisotopic (exact) mass is 270 g/mol. The first-order chi connectivity index (χ1) is 9.27. The summed E-state index contributed by atoms with van der Waals surface area (Å²) < 4.78 is 13.8. The van der Waals surface area contributed by atoms with Crippen LogP contribution in [0.5, 0.6) is 0 Å². The lowest BCUT2D eigenvalue weighted by Gasteiger charge is -2.13. The lowest BCUT2D eigenvalue weighted by Crippen LogP contribution is -1.95. The molecule has 0 aliphatic carbocycles. The minimum absolute atomic E-state index is 0.212. The standard InChI is InChI=1S/C17H12ClF/c18-17(12-6-2-1-3-7-12)15-10-11-16(19)14-9-5-4-8-13(14)15/h1-11,17H. The van der Waals surface area contributed by atoms with Crippen molar-refractivity contribution < 1.29 is 4.39 Å². The second-order valence-electron chi connectivity index (χ2n) is 4.46. The highest BCUT2D eigenvalue weighted by Crippen LogP contribution is 2.34. The highest BCUT2D eigenvalue weighted by Gasteiger charge is 2.14. The van der Waals surface area contributed by atoms with Crippen LogP contribution in [0, 0.1) is 5.82 Å². The second kappa shape index (κ2) is 5.02. The zero-order valence-electron chi connectivity index (χ0n) is 10.2. The molecule has 19 heavy (non-hydrogen) atoms. The summed E-state index contributed by atoms with van der Waals surface area (Å²) in [6.07, 6.45) is 0. The van der Waals surface area contributed by atoms with E-state index in [0.717, 1.165) is 16.5 Å². The number of hydrogen-bond acceptors (Lipinski definition) is 0. The Kier molecular flexibility index (Phi) is 3.22. The maximum atomic E-state index is 13.8. The number of fused-ring (bicyclic) bond motifs is 1. The van der Waals surface area contributed by atoms with Gasteiger partial charge < -0.3 is 0 Å². The van der Waals surface area contributed by atoms with Crippen LogP contribution in [0.15, 0.2) is 66.7 Å². The molecule has 0 nitrogen and oxygen atoms in total. The fourth-order valence-corrected chi connectivity index (χ4v) is 2.64. The van der Waals surface area contributed by atoms with E-state index in [1.165, 1.54) is 6.07 Å². The SMILES string of the molecule is Fc1ccc(C(Cl)c2ccccc2)c2ccccc12. The maximum Gasteiger partial charge on any atom is 0.131 e. The Labute approximate surface area is 116 Å². The summed E-state index contributed by atoms with van der Waals surface area (Å²) >= 11 is 6.54. The molecule has 0 saturated carbocycles. The summed E-state index contributed by atoms with van der Waals surface area (Å²) in [6.45, 7) is 0. The summed E-state index contributed by atoms with van der Waals surface area (Å²) in [5.41, 5.74) is 1.95. The van der Waals surface area contributed by atoms with Crippen LogP contribution < -0.4 is 0 Å². The van der Waals surface area contributed by atoms with Gasteiger partial charge in [-0.05, 0) is 22.6 Å². The largest absolute Gasteiger partial charge is 0.206 e. The molecule has 1 unspecified atom stereocenters. The molecule has 0 heterocycles. The van der Waals surface area contributed by atoms with Crippen molar-refractivity contribution in [2.45, 2.75) is 5.38 Å². The lowest BCUT2D eigenvalue weighted by molar-refractivity contribution is 0.639. The van der Waals surface area contributed by atoms with Gasteiger partial charge in [0, 0.05) is 5.39 Å². The molecule has 1 atom stereocenters. The van der Waals surface area contributed by atoms with Crippen molar-refractivity contribution in [1.29, 1.82) is 0 Å². The van der Waals surface area contributed by atoms with Crippen LogP contribution in [-0.2, 0) is 0 Å². The summed E-state index contributed by atoms with van der Waals surface area (Å²) in [6, 6.07) is 20.5. The van der Waals surface area contributed by atoms with Gasteiger partial charge in [-0.3, -0.25) is 0 Å². The van der Waals surface area contributed by atoms with Crippen LogP contribution in [0.4, 0.5) is 4.39 Å². The Morgan fingerprint density at radius 3 is 2.11 bits per heavy atom. The van der Waals surface area contributed by atoms with E-state index in [9.17, 15) is 4.39 Å². The number of rotatable bonds is 2. The molecule has 0 saturated heterocycles. The van der Waals surface area contributed by atoms with Gasteiger partial charge in [0.05, 0.1) is 5.38 Å². The van der Waals surface area contributed by atoms with E-state index < -0.39 is 0 Å². The fraction of sp³-hybridized carbons (Fsp3) is 0.0588. The lowest BCUT2D eigenvalue weighted by atomic mass is 9.98. The number of halogens is 2. The molecular weight excluding hydrogens is 259 g/mol. The van der Waals surface area contributed by atoms with Gasteiger partial charge in [0.25, 0.3) is 0 Å². The molecule has 0 bridgehead atoms. The van der Waals surface area contributed by atoms with Crippen LogP contribution in [0.25, 0.3) is 10.8 Å². The van der Waals surface area contributed by atoms with Gasteiger partial charge in [0.15, 0.2) is 0 Å². The summed E-state index contributed by atoms with van der Waals surface area (Å²) in [7, 11) is 0. The summed E-state index contributed by atoms with van der Waals surface area (Å²) in [5, 5.41) is 1.21. The third kappa shape index (κ3) is 2.22. The van der Waals surface area contributed by atoms with Crippen molar-refractivity contribution in [3.05, 3.63) is 83.7 Å². The molecule has 3 rings (SSSR count). The molecule has 0 aliphatic heterocycles. The molecule has 3 aromatic rings. The first kappa shape index (κ1) is 12.2. The molecule has 0 aromatic heterocycles. The van der Waals surface area contributed by atoms with Crippen LogP contribution in [0.1, 0.15) is 16.5 Å². The number of benzene rings is 3. The highest BCUT2D eigenvalue weighted by molar-refractivity contribution is 6.23. The van der Waals surface area contributed by atoms with Gasteiger partial charge in [-0.1, -0.05) is 60.7 Å². The number of hydrogen-bond donors (Lipinski definition) is 0. The number of alkyl halides is 1. The predicted octanol–water partition coefficient (Wildman–Crippen LogP) is 5.31. The summed E-state index contributed by atoms with van der Waals surface area (Å²) in [4.78, 5) is 0. The molecule has 94 valence electrons. The second-order valence-corrected chi connectivity index (χ2v) is 4.89. The van der Waals surface area contributed by atoms with Crippen LogP contribution >= 0.6 is 11.6 Å². The van der Waals surface area contributed by atoms with Gasteiger partial charge in [-0.2, -0.15) is 0 Å². The van der Waals surface area contributed by atoms with Crippen LogP contribution in [-0.4, -0.2) is 0 Å². The minimum atomic E-state index is -0.272. The van der Waals surface area contributed by atoms with E-state index in [1.807, 2.05) is 48.5 Å². The van der Waals surface area contributed by atoms with Crippen molar-refractivity contribution in [3.8, 4) is 0 Å². The Balaban J connectivity index is 2.18. The van der Waals surface area contributed by atoms with Gasteiger partial charge >= 0.3 is 0 Å². The molecule has 3 aromatic carbocycles. The van der Waals surface area contributed by atoms with Crippen LogP contribution in [0.3, 0.4) is 0 Å². The van der Waals surface area contributed by atoms with Crippen molar-refractivity contribution in [3.63, 3.8) is 0 Å². The molecule has 0 N–H and O–H groups in total. The maximum absolute atomic E-state index is 13.8. The van der Waals surface area contributed by atoms with Gasteiger partial charge in [-0.15, -0.1) is 11.6 Å². The van der Waals surface area contributed by atoms with Gasteiger partial charge in [0.2, 0.25) is 0 Å². The van der Waals surface area contributed by atoms with Gasteiger partial charge in [0.1, 0.15) is 5.82 Å². The zero-order valence-corrected chi connectivity index (χ0v) is 10.9. The molecular formula is C17H12ClF. The normalized spacial score (nSPS) is 12.5. The van der Waals surface area contributed by atoms with Crippen molar-refractivity contribution in [2.24, 2.45) is 0 Å². The third-order valence-electron chi connectivity index (χ3n) is 3.27. The molecule has 0 radical (unpaired) electrons. The molecule has 0 spiro atoms. The first-order valence-corrected chi connectivity index (χ1v) is 6.57. The first-order valence-electron chi connectivity index (χ1n) is 6.13. The minimum Gasteiger partial charge on any atom is -0.206 e. The van der Waals surface area contributed by atoms with Crippen LogP contribution in [0.2, 0.25) is 0 Å². The van der Waals surface area contributed by atoms with E-state index in [2.05, 4.69) is 0 Å². The quantitative estimate of drug-likeness (QED) is 0.554. The van der Waals surface area contributed by atoms with Gasteiger partial charge in [-0.25, -0.2) is 4.39 Å². The zero-order chi connectivity index (χ0) is 13.2. The van der Waals surface area contributed by atoms with Crippen molar-refractivity contribution in [2.75, 3.05) is 0 Å². The highest BCUT2D eigenvalue weighted by atomic mass is 35.5. The van der Waals surface area contributed by atoms with Crippen molar-refractivity contribution >= 4 is 22.4 Å². The smallest absolute Gasteiger partial charge is 0.131 e. The Hall–Kier alpha value is -1.86. The predicted molar refractivity (Wildman–Crippen MR) is 78.0 cm³/mol. The fourth-order valence-electron chi connectivity index (χ4n) is 2.31. The molecule has 0 aliphatic rings. The Morgan fingerprint density at radius 2 is 1.37 bits per heavy atom. The van der Waals surface area contributed by atoms with E-state index in [4.69, 9.17) is 11.6 Å². The average Bonchev–Trinajstić information content (AvgIpc) is 2.48. The average molecular weight is 271 g/mol. The molecule has 2 heteroatoms.